The lowest BCUT2D eigenvalue weighted by Crippen LogP contribution is -2.31. The van der Waals surface area contributed by atoms with E-state index < -0.39 is 24.6 Å². The average molecular weight is 941 g/mol. The number of nitrogens with one attached hydrogen (secondary N) is 2. The Balaban J connectivity index is 0.906. The van der Waals surface area contributed by atoms with Crippen molar-refractivity contribution >= 4 is 18.0 Å². The van der Waals surface area contributed by atoms with Gasteiger partial charge in [0.2, 0.25) is 5.91 Å². The zero-order chi connectivity index (χ0) is 46.8. The minimum absolute atomic E-state index is 0.0405. The molecule has 1 aliphatic rings. The molecule has 0 radical (unpaired) electrons. The van der Waals surface area contributed by atoms with E-state index in [1.165, 1.54) is 22.3 Å². The first-order valence-electron chi connectivity index (χ1n) is 22.6. The van der Waals surface area contributed by atoms with Gasteiger partial charge in [-0.1, -0.05) is 48.5 Å². The molecule has 0 heterocycles. The van der Waals surface area contributed by atoms with Crippen molar-refractivity contribution in [2.24, 2.45) is 0 Å². The lowest BCUT2D eigenvalue weighted by atomic mass is 9.98. The summed E-state index contributed by atoms with van der Waals surface area (Å²) in [5.74, 6) is -1.49. The van der Waals surface area contributed by atoms with Gasteiger partial charge in [0.05, 0.1) is 152 Å². The van der Waals surface area contributed by atoms with Crippen molar-refractivity contribution in [1.82, 2.24) is 10.6 Å². The van der Waals surface area contributed by atoms with E-state index in [4.69, 9.17) is 66.7 Å². The van der Waals surface area contributed by atoms with E-state index in [0.29, 0.717) is 185 Å². The highest BCUT2D eigenvalue weighted by Crippen LogP contribution is 2.44. The normalized spacial score (nSPS) is 12.0. The number of ether oxygens (including phenoxy) is 14. The molecule has 0 aromatic heterocycles. The van der Waals surface area contributed by atoms with Crippen molar-refractivity contribution in [3.8, 4) is 11.1 Å². The van der Waals surface area contributed by atoms with E-state index in [1.54, 1.807) is 0 Å². The lowest BCUT2D eigenvalue weighted by Gasteiger charge is -2.14. The molecule has 66 heavy (non-hydrogen) atoms. The number of carbonyl (C=O) groups is 3. The van der Waals surface area contributed by atoms with Crippen LogP contribution in [0.5, 0.6) is 0 Å². The summed E-state index contributed by atoms with van der Waals surface area (Å²) in [4.78, 5) is 34.0. The first kappa shape index (κ1) is 56.5. The summed E-state index contributed by atoms with van der Waals surface area (Å²) >= 11 is 0. The maximum Gasteiger partial charge on any atom is 0.407 e. The quantitative estimate of drug-likeness (QED) is 0.0810. The molecule has 2 aromatic rings. The maximum absolute atomic E-state index is 12.3. The van der Waals surface area contributed by atoms with Gasteiger partial charge in [-0.2, -0.15) is 0 Å². The van der Waals surface area contributed by atoms with Crippen LogP contribution in [-0.2, 0) is 75.9 Å². The predicted octanol–water partition coefficient (Wildman–Crippen LogP) is 2.33. The Morgan fingerprint density at radius 3 is 1.14 bits per heavy atom. The molecule has 0 spiro atoms. The summed E-state index contributed by atoms with van der Waals surface area (Å²) < 4.78 is 76.0. The van der Waals surface area contributed by atoms with Crippen LogP contribution in [0.15, 0.2) is 48.5 Å². The Hall–Kier alpha value is -3.87. The highest BCUT2D eigenvalue weighted by molar-refractivity contribution is 5.79. The highest BCUT2D eigenvalue weighted by atomic mass is 16.6. The van der Waals surface area contributed by atoms with Crippen LogP contribution in [-0.4, -0.2) is 215 Å². The fourth-order valence-electron chi connectivity index (χ4n) is 6.08. The molecule has 0 fully saturated rings. The van der Waals surface area contributed by atoms with Crippen LogP contribution in [0.2, 0.25) is 0 Å². The second-order valence-electron chi connectivity index (χ2n) is 14.2. The largest absolute Gasteiger partial charge is 0.480 e. The molecule has 0 atom stereocenters. The van der Waals surface area contributed by atoms with Crippen LogP contribution < -0.4 is 10.6 Å². The van der Waals surface area contributed by atoms with Crippen molar-refractivity contribution < 1.29 is 85.8 Å². The minimum Gasteiger partial charge on any atom is -0.480 e. The maximum atomic E-state index is 12.3. The Labute approximate surface area is 388 Å². The molecule has 0 bridgehead atoms. The first-order chi connectivity index (χ1) is 32.6. The van der Waals surface area contributed by atoms with Crippen molar-refractivity contribution in [1.29, 1.82) is 0 Å². The van der Waals surface area contributed by atoms with Crippen LogP contribution in [0.1, 0.15) is 23.5 Å². The molecule has 3 rings (SSSR count). The molecule has 20 nitrogen and oxygen atoms in total. The van der Waals surface area contributed by atoms with Crippen molar-refractivity contribution in [3.63, 3.8) is 0 Å². The number of alkyl carbamates (subject to hydrolysis) is 1. The SMILES string of the molecule is O=C(O)COCC(=O)NCCOCCOCCOCCOCCOCCOCCOCCOCCOCCOCCOCCOCCCNC(=O)OCC1c2ccccc2-c2ccccc21. The van der Waals surface area contributed by atoms with Crippen molar-refractivity contribution in [2.45, 2.75) is 12.3 Å². The standard InChI is InChI=1S/C46H72N2O18/c49-44(37-65-38-45(50)51)47-11-13-54-15-17-56-19-21-58-23-25-60-27-29-62-31-33-64-35-34-63-32-30-61-28-26-59-24-22-57-20-18-55-16-14-53-12-5-10-48-46(52)66-36-43-41-8-3-1-6-39(41)40-7-2-4-9-42(40)43/h1-4,6-9,43H,5,10-38H2,(H,47,49)(H,48,52)(H,50,51). The van der Waals surface area contributed by atoms with Gasteiger partial charge in [0.25, 0.3) is 0 Å². The Morgan fingerprint density at radius 1 is 0.409 bits per heavy atom. The summed E-state index contributed by atoms with van der Waals surface area (Å²) in [6.07, 6.45) is 0.251. The molecular formula is C46H72N2O18. The molecule has 2 aromatic carbocycles. The van der Waals surface area contributed by atoms with Crippen LogP contribution in [0.4, 0.5) is 4.79 Å². The van der Waals surface area contributed by atoms with E-state index in [-0.39, 0.29) is 12.5 Å². The van der Waals surface area contributed by atoms with Gasteiger partial charge in [0.1, 0.15) is 19.8 Å². The third kappa shape index (κ3) is 29.0. The Morgan fingerprint density at radius 2 is 0.758 bits per heavy atom. The number of benzene rings is 2. The van der Waals surface area contributed by atoms with Gasteiger partial charge < -0.3 is 82.1 Å². The topological polar surface area (TPSA) is 225 Å². The number of fused-ring (bicyclic) bond motifs is 3. The van der Waals surface area contributed by atoms with Crippen LogP contribution in [0.25, 0.3) is 11.1 Å². The van der Waals surface area contributed by atoms with Gasteiger partial charge in [-0.05, 0) is 28.7 Å². The smallest absolute Gasteiger partial charge is 0.407 e. The number of carbonyl (C=O) groups excluding carboxylic acids is 2. The van der Waals surface area contributed by atoms with Gasteiger partial charge in [-0.3, -0.25) is 4.79 Å². The van der Waals surface area contributed by atoms with Gasteiger partial charge in [-0.25, -0.2) is 9.59 Å². The molecule has 20 heteroatoms. The summed E-state index contributed by atoms with van der Waals surface area (Å²) in [6, 6.07) is 16.5. The third-order valence-corrected chi connectivity index (χ3v) is 9.20. The molecular weight excluding hydrogens is 869 g/mol. The number of carboxylic acid groups (broad SMARTS) is 1. The van der Waals surface area contributed by atoms with E-state index in [0.717, 1.165) is 0 Å². The molecule has 0 aliphatic heterocycles. The number of amides is 2. The number of aliphatic carboxylic acids is 1. The monoisotopic (exact) mass is 940 g/mol. The minimum atomic E-state index is -1.13. The van der Waals surface area contributed by atoms with Gasteiger partial charge in [0, 0.05) is 25.6 Å². The summed E-state index contributed by atoms with van der Waals surface area (Å²) in [5.41, 5.74) is 4.78. The second kappa shape index (κ2) is 40.2. The van der Waals surface area contributed by atoms with Gasteiger partial charge >= 0.3 is 12.1 Å². The molecule has 2 amide bonds. The van der Waals surface area contributed by atoms with Crippen LogP contribution >= 0.6 is 0 Å². The van der Waals surface area contributed by atoms with E-state index in [1.807, 2.05) is 24.3 Å². The zero-order valence-corrected chi connectivity index (χ0v) is 38.3. The summed E-state index contributed by atoms with van der Waals surface area (Å²) in [5, 5.41) is 13.8. The molecule has 1 aliphatic carbocycles. The van der Waals surface area contributed by atoms with Gasteiger partial charge in [-0.15, -0.1) is 0 Å². The molecule has 374 valence electrons. The zero-order valence-electron chi connectivity index (χ0n) is 38.3. The number of hydrogen-bond acceptors (Lipinski definition) is 17. The van der Waals surface area contributed by atoms with Crippen LogP contribution in [0.3, 0.4) is 0 Å². The van der Waals surface area contributed by atoms with E-state index in [9.17, 15) is 14.4 Å². The van der Waals surface area contributed by atoms with Crippen molar-refractivity contribution in [2.75, 3.05) is 191 Å². The predicted molar refractivity (Wildman–Crippen MR) is 239 cm³/mol. The molecule has 0 saturated heterocycles. The summed E-state index contributed by atoms with van der Waals surface area (Å²) in [6.45, 7) is 11.1. The lowest BCUT2D eigenvalue weighted by molar-refractivity contribution is -0.143. The Bertz CT molecular complexity index is 1480. The van der Waals surface area contributed by atoms with E-state index >= 15 is 0 Å². The Kier molecular flexibility index (Phi) is 34.4. The molecule has 0 unspecified atom stereocenters. The number of rotatable bonds is 46. The van der Waals surface area contributed by atoms with Crippen LogP contribution in [0, 0.1) is 0 Å². The fraction of sp³-hybridized carbons (Fsp3) is 0.674. The molecule has 0 saturated carbocycles. The van der Waals surface area contributed by atoms with Gasteiger partial charge in [0.15, 0.2) is 0 Å². The highest BCUT2D eigenvalue weighted by Gasteiger charge is 2.29. The first-order valence-corrected chi connectivity index (χ1v) is 22.6. The number of hydrogen-bond donors (Lipinski definition) is 3. The third-order valence-electron chi connectivity index (χ3n) is 9.20. The van der Waals surface area contributed by atoms with E-state index in [2.05, 4.69) is 39.6 Å². The second-order valence-corrected chi connectivity index (χ2v) is 14.2. The number of carboxylic acids is 1. The molecule has 3 N–H and O–H groups in total. The fourth-order valence-corrected chi connectivity index (χ4v) is 6.08. The summed E-state index contributed by atoms with van der Waals surface area (Å²) in [7, 11) is 0. The van der Waals surface area contributed by atoms with Crippen molar-refractivity contribution in [3.05, 3.63) is 59.7 Å². The average Bonchev–Trinajstić information content (AvgIpc) is 3.64.